The van der Waals surface area contributed by atoms with E-state index in [-0.39, 0.29) is 6.04 Å². The average Bonchev–Trinajstić information content (AvgIpc) is 2.25. The number of phenols is 1. The first kappa shape index (κ1) is 13.0. The summed E-state index contributed by atoms with van der Waals surface area (Å²) in [5.74, 6) is 0.434. The zero-order chi connectivity index (χ0) is 12.3. The standard InChI is InChI=1S/C14H23NO/c1-6-10(3)15-12(5)13-8-7-9(2)11(4)14(13)16/h7-8,10,12,15-16H,6H2,1-5H3. The molecule has 2 heteroatoms. The molecule has 90 valence electrons. The van der Waals surface area contributed by atoms with E-state index in [0.717, 1.165) is 23.1 Å². The Labute approximate surface area is 98.7 Å². The molecule has 2 unspecified atom stereocenters. The fraction of sp³-hybridized carbons (Fsp3) is 0.571. The first-order valence-electron chi connectivity index (χ1n) is 6.02. The fourth-order valence-electron chi connectivity index (χ4n) is 1.81. The molecular weight excluding hydrogens is 198 g/mol. The molecule has 0 fully saturated rings. The molecule has 0 spiro atoms. The molecule has 1 aromatic rings. The van der Waals surface area contributed by atoms with Crippen LogP contribution in [0.1, 0.15) is 49.9 Å². The number of hydrogen-bond donors (Lipinski definition) is 2. The highest BCUT2D eigenvalue weighted by Gasteiger charge is 2.14. The monoisotopic (exact) mass is 221 g/mol. The minimum Gasteiger partial charge on any atom is -0.507 e. The van der Waals surface area contributed by atoms with Gasteiger partial charge in [-0.3, -0.25) is 0 Å². The second kappa shape index (κ2) is 5.35. The highest BCUT2D eigenvalue weighted by atomic mass is 16.3. The lowest BCUT2D eigenvalue weighted by Gasteiger charge is -2.21. The maximum absolute atomic E-state index is 10.1. The lowest BCUT2D eigenvalue weighted by atomic mass is 9.99. The fourth-order valence-corrected chi connectivity index (χ4v) is 1.81. The van der Waals surface area contributed by atoms with E-state index in [1.807, 2.05) is 19.9 Å². The number of aromatic hydroxyl groups is 1. The van der Waals surface area contributed by atoms with Crippen LogP contribution in [0.25, 0.3) is 0 Å². The molecule has 0 bridgehead atoms. The second-order valence-corrected chi connectivity index (χ2v) is 4.64. The molecule has 0 saturated heterocycles. The maximum Gasteiger partial charge on any atom is 0.123 e. The average molecular weight is 221 g/mol. The molecule has 0 aliphatic carbocycles. The summed E-state index contributed by atoms with van der Waals surface area (Å²) in [6, 6.07) is 4.74. The minimum atomic E-state index is 0.189. The van der Waals surface area contributed by atoms with Crippen molar-refractivity contribution in [2.24, 2.45) is 0 Å². The first-order valence-corrected chi connectivity index (χ1v) is 6.02. The van der Waals surface area contributed by atoms with Crippen LogP contribution >= 0.6 is 0 Å². The van der Waals surface area contributed by atoms with Gasteiger partial charge in [-0.25, -0.2) is 0 Å². The van der Waals surface area contributed by atoms with Gasteiger partial charge in [0.1, 0.15) is 5.75 Å². The van der Waals surface area contributed by atoms with E-state index < -0.39 is 0 Å². The van der Waals surface area contributed by atoms with Gasteiger partial charge in [0, 0.05) is 17.6 Å². The molecule has 0 saturated carbocycles. The van der Waals surface area contributed by atoms with Gasteiger partial charge < -0.3 is 10.4 Å². The van der Waals surface area contributed by atoms with Crippen molar-refractivity contribution in [2.75, 3.05) is 0 Å². The van der Waals surface area contributed by atoms with Crippen molar-refractivity contribution in [1.82, 2.24) is 5.32 Å². The summed E-state index contributed by atoms with van der Waals surface area (Å²) in [5.41, 5.74) is 3.11. The Morgan fingerprint density at radius 2 is 1.88 bits per heavy atom. The van der Waals surface area contributed by atoms with Gasteiger partial charge in [-0.1, -0.05) is 19.1 Å². The van der Waals surface area contributed by atoms with Crippen molar-refractivity contribution in [3.05, 3.63) is 28.8 Å². The first-order chi connectivity index (χ1) is 7.47. The third-order valence-corrected chi connectivity index (χ3v) is 3.35. The third kappa shape index (κ3) is 2.76. The molecule has 0 amide bonds. The van der Waals surface area contributed by atoms with Crippen molar-refractivity contribution in [3.8, 4) is 5.75 Å². The lowest BCUT2D eigenvalue weighted by Crippen LogP contribution is -2.28. The molecule has 1 aromatic carbocycles. The number of aryl methyl sites for hydroxylation is 1. The topological polar surface area (TPSA) is 32.3 Å². The van der Waals surface area contributed by atoms with Gasteiger partial charge >= 0.3 is 0 Å². The smallest absolute Gasteiger partial charge is 0.123 e. The van der Waals surface area contributed by atoms with E-state index in [9.17, 15) is 5.11 Å². The van der Waals surface area contributed by atoms with Crippen LogP contribution in [0.4, 0.5) is 0 Å². The van der Waals surface area contributed by atoms with Gasteiger partial charge in [0.2, 0.25) is 0 Å². The van der Waals surface area contributed by atoms with Crippen LogP contribution in [0, 0.1) is 13.8 Å². The highest BCUT2D eigenvalue weighted by Crippen LogP contribution is 2.29. The molecule has 0 aliphatic heterocycles. The van der Waals surface area contributed by atoms with Gasteiger partial charge in [0.05, 0.1) is 0 Å². The van der Waals surface area contributed by atoms with Crippen molar-refractivity contribution in [3.63, 3.8) is 0 Å². The Balaban J connectivity index is 2.92. The third-order valence-electron chi connectivity index (χ3n) is 3.35. The van der Waals surface area contributed by atoms with E-state index in [0.29, 0.717) is 11.8 Å². The van der Waals surface area contributed by atoms with Crippen LogP contribution < -0.4 is 5.32 Å². The Kier molecular flexibility index (Phi) is 4.36. The highest BCUT2D eigenvalue weighted by molar-refractivity contribution is 5.45. The van der Waals surface area contributed by atoms with Crippen LogP contribution in [0.15, 0.2) is 12.1 Å². The Morgan fingerprint density at radius 1 is 1.25 bits per heavy atom. The van der Waals surface area contributed by atoms with Gasteiger partial charge in [-0.15, -0.1) is 0 Å². The predicted octanol–water partition coefficient (Wildman–Crippen LogP) is 3.46. The summed E-state index contributed by atoms with van der Waals surface area (Å²) in [7, 11) is 0. The van der Waals surface area contributed by atoms with E-state index in [2.05, 4.69) is 32.2 Å². The normalized spacial score (nSPS) is 14.8. The van der Waals surface area contributed by atoms with Crippen LogP contribution in [0.2, 0.25) is 0 Å². The summed E-state index contributed by atoms with van der Waals surface area (Å²) >= 11 is 0. The van der Waals surface area contributed by atoms with E-state index in [1.165, 1.54) is 0 Å². The number of phenolic OH excluding ortho intramolecular Hbond substituents is 1. The largest absolute Gasteiger partial charge is 0.507 e. The van der Waals surface area contributed by atoms with Crippen molar-refractivity contribution >= 4 is 0 Å². The maximum atomic E-state index is 10.1. The number of rotatable bonds is 4. The van der Waals surface area contributed by atoms with E-state index in [4.69, 9.17) is 0 Å². The number of hydrogen-bond acceptors (Lipinski definition) is 2. The van der Waals surface area contributed by atoms with Crippen molar-refractivity contribution in [2.45, 2.75) is 53.1 Å². The van der Waals surface area contributed by atoms with E-state index >= 15 is 0 Å². The zero-order valence-corrected chi connectivity index (χ0v) is 11.0. The van der Waals surface area contributed by atoms with Crippen LogP contribution in [0.3, 0.4) is 0 Å². The van der Waals surface area contributed by atoms with Gasteiger partial charge in [0.25, 0.3) is 0 Å². The van der Waals surface area contributed by atoms with Crippen LogP contribution in [-0.4, -0.2) is 11.1 Å². The van der Waals surface area contributed by atoms with Gasteiger partial charge in [-0.05, 0) is 45.2 Å². The summed E-state index contributed by atoms with van der Waals surface area (Å²) in [5, 5.41) is 13.6. The summed E-state index contributed by atoms with van der Waals surface area (Å²) < 4.78 is 0. The number of nitrogens with one attached hydrogen (secondary N) is 1. The molecular formula is C14H23NO. The van der Waals surface area contributed by atoms with Crippen LogP contribution in [-0.2, 0) is 0 Å². The SMILES string of the molecule is CCC(C)NC(C)c1ccc(C)c(C)c1O. The second-order valence-electron chi connectivity index (χ2n) is 4.64. The summed E-state index contributed by atoms with van der Waals surface area (Å²) in [4.78, 5) is 0. The molecule has 0 heterocycles. The van der Waals surface area contributed by atoms with Crippen molar-refractivity contribution in [1.29, 1.82) is 0 Å². The molecule has 16 heavy (non-hydrogen) atoms. The molecule has 2 N–H and O–H groups in total. The molecule has 0 radical (unpaired) electrons. The van der Waals surface area contributed by atoms with Gasteiger partial charge in [0.15, 0.2) is 0 Å². The summed E-state index contributed by atoms with van der Waals surface area (Å²) in [6.45, 7) is 10.4. The summed E-state index contributed by atoms with van der Waals surface area (Å²) in [6.07, 6.45) is 1.09. The predicted molar refractivity (Wildman–Crippen MR) is 68.9 cm³/mol. The molecule has 0 aromatic heterocycles. The molecule has 0 aliphatic rings. The zero-order valence-electron chi connectivity index (χ0n) is 11.0. The Morgan fingerprint density at radius 3 is 2.44 bits per heavy atom. The number of benzene rings is 1. The van der Waals surface area contributed by atoms with E-state index in [1.54, 1.807) is 0 Å². The molecule has 2 nitrogen and oxygen atoms in total. The lowest BCUT2D eigenvalue weighted by molar-refractivity contribution is 0.427. The minimum absolute atomic E-state index is 0.189. The van der Waals surface area contributed by atoms with Gasteiger partial charge in [-0.2, -0.15) is 0 Å². The quantitative estimate of drug-likeness (QED) is 0.816. The Bertz CT molecular complexity index is 360. The molecule has 2 atom stereocenters. The van der Waals surface area contributed by atoms with Crippen LogP contribution in [0.5, 0.6) is 5.75 Å². The van der Waals surface area contributed by atoms with Crippen molar-refractivity contribution < 1.29 is 5.11 Å². The Hall–Kier alpha value is -1.02. The molecule has 1 rings (SSSR count).